The Morgan fingerprint density at radius 3 is 1.88 bits per heavy atom. The number of hydrogen-bond acceptors (Lipinski definition) is 7. The number of aliphatic hydroxyl groups is 5. The number of rotatable bonds is 14. The van der Waals surface area contributed by atoms with Crippen molar-refractivity contribution in [1.29, 1.82) is 0 Å². The number of carbonyl (C=O) groups is 2. The monoisotopic (exact) mass is 363 g/mol. The van der Waals surface area contributed by atoms with Gasteiger partial charge >= 0.3 is 0 Å². The molecule has 0 aliphatic heterocycles. The summed E-state index contributed by atoms with van der Waals surface area (Å²) in [5.74, 6) is -1.72. The third-order valence-corrected chi connectivity index (χ3v) is 4.04. The van der Waals surface area contributed by atoms with Crippen LogP contribution < -0.4 is 5.32 Å². The molecule has 25 heavy (non-hydrogen) atoms. The Morgan fingerprint density at radius 1 is 0.840 bits per heavy atom. The summed E-state index contributed by atoms with van der Waals surface area (Å²) in [6.07, 6.45) is 0.911. The maximum atomic E-state index is 11.6. The molecule has 0 saturated heterocycles. The fourth-order valence-corrected chi connectivity index (χ4v) is 2.37. The van der Waals surface area contributed by atoms with Gasteiger partial charge in [0.25, 0.3) is 5.91 Å². The van der Waals surface area contributed by atoms with Crippen molar-refractivity contribution in [1.82, 2.24) is 5.32 Å². The summed E-state index contributed by atoms with van der Waals surface area (Å²) in [5.41, 5.74) is 0. The van der Waals surface area contributed by atoms with E-state index >= 15 is 0 Å². The molecule has 0 bridgehead atoms. The van der Waals surface area contributed by atoms with Gasteiger partial charge in [0.05, 0.1) is 6.61 Å². The molecule has 0 aromatic heterocycles. The first-order valence-corrected chi connectivity index (χ1v) is 9.01. The number of carbonyl (C=O) groups excluding carboxylic acids is 2. The van der Waals surface area contributed by atoms with Crippen molar-refractivity contribution < 1.29 is 35.1 Å². The van der Waals surface area contributed by atoms with Gasteiger partial charge in [0.2, 0.25) is 5.91 Å². The Labute approximate surface area is 148 Å². The van der Waals surface area contributed by atoms with Crippen molar-refractivity contribution in [3.63, 3.8) is 0 Å². The molecule has 2 amide bonds. The van der Waals surface area contributed by atoms with Crippen LogP contribution in [0, 0.1) is 0 Å². The zero-order chi connectivity index (χ0) is 19.2. The van der Waals surface area contributed by atoms with E-state index in [1.807, 2.05) is 5.32 Å². The van der Waals surface area contributed by atoms with Crippen LogP contribution in [-0.4, -0.2) is 68.4 Å². The fraction of sp³-hybridized carbons (Fsp3) is 0.882. The van der Waals surface area contributed by atoms with E-state index in [-0.39, 0.29) is 6.42 Å². The highest BCUT2D eigenvalue weighted by Crippen LogP contribution is 2.10. The van der Waals surface area contributed by atoms with E-state index in [9.17, 15) is 30.0 Å². The number of hydrogen-bond donors (Lipinski definition) is 6. The van der Waals surface area contributed by atoms with Gasteiger partial charge in [-0.15, -0.1) is 0 Å². The molecule has 4 atom stereocenters. The average molecular weight is 363 g/mol. The largest absolute Gasteiger partial charge is 0.394 e. The van der Waals surface area contributed by atoms with Crippen molar-refractivity contribution in [2.24, 2.45) is 0 Å². The van der Waals surface area contributed by atoms with Crippen LogP contribution in [0.2, 0.25) is 0 Å². The van der Waals surface area contributed by atoms with E-state index in [2.05, 4.69) is 6.92 Å². The topological polar surface area (TPSA) is 147 Å². The maximum Gasteiger partial charge on any atom is 0.258 e. The number of amides is 2. The molecular formula is C17H33NO7. The molecule has 0 unspecified atom stereocenters. The highest BCUT2D eigenvalue weighted by Gasteiger charge is 2.34. The lowest BCUT2D eigenvalue weighted by Crippen LogP contribution is -2.52. The van der Waals surface area contributed by atoms with E-state index in [0.29, 0.717) is 6.42 Å². The van der Waals surface area contributed by atoms with Crippen LogP contribution in [0.3, 0.4) is 0 Å². The third-order valence-electron chi connectivity index (χ3n) is 4.04. The number of aliphatic hydroxyl groups excluding tert-OH is 5. The Balaban J connectivity index is 3.95. The molecule has 8 heteroatoms. The van der Waals surface area contributed by atoms with Gasteiger partial charge in [0.1, 0.15) is 18.3 Å². The number of nitrogens with one attached hydrogen (secondary N) is 1. The lowest BCUT2D eigenvalue weighted by Gasteiger charge is -2.24. The van der Waals surface area contributed by atoms with Gasteiger partial charge < -0.3 is 25.5 Å². The standard InChI is InChI=1S/C17H33NO7/c1-2-3-4-5-6-7-8-9-10-13(21)18-17(25)16(24)15(23)14(22)12(20)11-19/h12,14-16,19-20,22-24H,2-11H2,1H3,(H,18,21,25)/t12-,14-,15+,16-/m1/s1. The molecule has 0 radical (unpaired) electrons. The van der Waals surface area contributed by atoms with Crippen LogP contribution in [0.1, 0.15) is 64.7 Å². The first kappa shape index (κ1) is 23.9. The average Bonchev–Trinajstić information content (AvgIpc) is 2.61. The molecule has 0 heterocycles. The van der Waals surface area contributed by atoms with Crippen molar-refractivity contribution >= 4 is 11.8 Å². The summed E-state index contributed by atoms with van der Waals surface area (Å²) in [6, 6.07) is 0. The van der Waals surface area contributed by atoms with Crippen LogP contribution >= 0.6 is 0 Å². The summed E-state index contributed by atoms with van der Waals surface area (Å²) < 4.78 is 0. The molecule has 0 spiro atoms. The minimum absolute atomic E-state index is 0.130. The van der Waals surface area contributed by atoms with Gasteiger partial charge in [-0.2, -0.15) is 0 Å². The summed E-state index contributed by atoms with van der Waals surface area (Å²) in [5, 5.41) is 48.4. The summed E-state index contributed by atoms with van der Waals surface area (Å²) >= 11 is 0. The first-order valence-electron chi connectivity index (χ1n) is 9.01. The number of imide groups is 1. The normalized spacial score (nSPS) is 16.1. The molecule has 0 aromatic rings. The Hall–Kier alpha value is -1.06. The van der Waals surface area contributed by atoms with Crippen LogP contribution in [0.15, 0.2) is 0 Å². The molecule has 0 aliphatic carbocycles. The molecule has 0 fully saturated rings. The molecule has 0 aromatic carbocycles. The van der Waals surface area contributed by atoms with E-state index in [4.69, 9.17) is 5.11 Å². The molecule has 8 nitrogen and oxygen atoms in total. The van der Waals surface area contributed by atoms with Gasteiger partial charge in [-0.05, 0) is 6.42 Å². The van der Waals surface area contributed by atoms with Crippen LogP contribution in [-0.2, 0) is 9.59 Å². The Bertz CT molecular complexity index is 378. The highest BCUT2D eigenvalue weighted by molar-refractivity contribution is 5.97. The lowest BCUT2D eigenvalue weighted by atomic mass is 10.0. The van der Waals surface area contributed by atoms with E-state index in [0.717, 1.165) is 19.3 Å². The molecule has 148 valence electrons. The Morgan fingerprint density at radius 2 is 1.36 bits per heavy atom. The smallest absolute Gasteiger partial charge is 0.258 e. The second-order valence-electron chi connectivity index (χ2n) is 6.31. The fourth-order valence-electron chi connectivity index (χ4n) is 2.37. The molecule has 0 aliphatic rings. The molecule has 6 N–H and O–H groups in total. The maximum absolute atomic E-state index is 11.6. The predicted octanol–water partition coefficient (Wildman–Crippen LogP) is -0.404. The summed E-state index contributed by atoms with van der Waals surface area (Å²) in [4.78, 5) is 23.3. The van der Waals surface area contributed by atoms with Gasteiger partial charge in [0.15, 0.2) is 6.10 Å². The van der Waals surface area contributed by atoms with E-state index < -0.39 is 42.8 Å². The van der Waals surface area contributed by atoms with Crippen molar-refractivity contribution in [2.75, 3.05) is 6.61 Å². The third kappa shape index (κ3) is 10.5. The second kappa shape index (κ2) is 14.1. The quantitative estimate of drug-likeness (QED) is 0.230. The van der Waals surface area contributed by atoms with Gasteiger partial charge in [-0.3, -0.25) is 14.9 Å². The minimum atomic E-state index is -2.08. The molecule has 0 saturated carbocycles. The SMILES string of the molecule is CCCCCCCCCCC(=O)NC(=O)[C@H](O)[C@@H](O)[C@H](O)[C@H](O)CO. The summed E-state index contributed by atoms with van der Waals surface area (Å²) in [7, 11) is 0. The second-order valence-corrected chi connectivity index (χ2v) is 6.31. The Kier molecular flexibility index (Phi) is 13.5. The zero-order valence-corrected chi connectivity index (χ0v) is 14.9. The zero-order valence-electron chi connectivity index (χ0n) is 14.9. The van der Waals surface area contributed by atoms with Gasteiger partial charge in [-0.1, -0.05) is 51.9 Å². The van der Waals surface area contributed by atoms with E-state index in [1.54, 1.807) is 0 Å². The minimum Gasteiger partial charge on any atom is -0.394 e. The van der Waals surface area contributed by atoms with Crippen molar-refractivity contribution in [3.8, 4) is 0 Å². The highest BCUT2D eigenvalue weighted by atomic mass is 16.4. The first-order chi connectivity index (χ1) is 11.8. The molecular weight excluding hydrogens is 330 g/mol. The molecule has 0 rings (SSSR count). The van der Waals surface area contributed by atoms with Gasteiger partial charge in [0, 0.05) is 6.42 Å². The van der Waals surface area contributed by atoms with E-state index in [1.165, 1.54) is 25.7 Å². The van der Waals surface area contributed by atoms with Crippen LogP contribution in [0.5, 0.6) is 0 Å². The van der Waals surface area contributed by atoms with Crippen LogP contribution in [0.25, 0.3) is 0 Å². The predicted molar refractivity (Wildman–Crippen MR) is 91.5 cm³/mol. The van der Waals surface area contributed by atoms with Crippen LogP contribution in [0.4, 0.5) is 0 Å². The summed E-state index contributed by atoms with van der Waals surface area (Å²) in [6.45, 7) is 1.31. The number of unbranched alkanes of at least 4 members (excludes halogenated alkanes) is 7. The lowest BCUT2D eigenvalue weighted by molar-refractivity contribution is -0.151. The van der Waals surface area contributed by atoms with Crippen molar-refractivity contribution in [3.05, 3.63) is 0 Å². The van der Waals surface area contributed by atoms with Gasteiger partial charge in [-0.25, -0.2) is 0 Å². The van der Waals surface area contributed by atoms with Crippen molar-refractivity contribution in [2.45, 2.75) is 89.1 Å².